The molecule has 3 rings (SSSR count). The molecule has 0 bridgehead atoms. The normalized spacial score (nSPS) is 11.2. The molecule has 0 saturated heterocycles. The second-order valence-electron chi connectivity index (χ2n) is 6.06. The summed E-state index contributed by atoms with van der Waals surface area (Å²) in [5, 5.41) is 11.0. The lowest BCUT2D eigenvalue weighted by molar-refractivity contribution is -0.116. The van der Waals surface area contributed by atoms with E-state index in [0.717, 1.165) is 22.9 Å². The van der Waals surface area contributed by atoms with Crippen LogP contribution < -0.4 is 5.32 Å². The largest absolute Gasteiger partial charge is 0.353 e. The molecule has 1 amide bonds. The van der Waals surface area contributed by atoms with Crippen LogP contribution >= 0.6 is 15.9 Å². The predicted molar refractivity (Wildman–Crippen MR) is 105 cm³/mol. The number of benzene rings is 1. The number of nitrogens with one attached hydrogen (secondary N) is 1. The van der Waals surface area contributed by atoms with Gasteiger partial charge in [-0.3, -0.25) is 9.48 Å². The summed E-state index contributed by atoms with van der Waals surface area (Å²) in [6.07, 6.45) is 11.7. The van der Waals surface area contributed by atoms with Crippen LogP contribution in [0.4, 0.5) is 4.39 Å². The molecule has 0 aliphatic carbocycles. The first-order valence-electron chi connectivity index (χ1n) is 8.45. The van der Waals surface area contributed by atoms with Gasteiger partial charge in [-0.1, -0.05) is 6.07 Å². The molecule has 3 aromatic rings. The Morgan fingerprint density at radius 3 is 2.81 bits per heavy atom. The summed E-state index contributed by atoms with van der Waals surface area (Å²) in [5.74, 6) is -0.619. The molecular weight excluding hydrogens is 413 g/mol. The van der Waals surface area contributed by atoms with Crippen molar-refractivity contribution in [3.05, 3.63) is 70.5 Å². The number of hydrogen-bond acceptors (Lipinski definition) is 3. The summed E-state index contributed by atoms with van der Waals surface area (Å²) < 4.78 is 18.2. The van der Waals surface area contributed by atoms with Gasteiger partial charge in [-0.2, -0.15) is 10.2 Å². The first-order chi connectivity index (χ1) is 13.0. The molecule has 0 fully saturated rings. The van der Waals surface area contributed by atoms with Gasteiger partial charge in [0.05, 0.1) is 16.9 Å². The van der Waals surface area contributed by atoms with Crippen LogP contribution in [0.1, 0.15) is 17.5 Å². The van der Waals surface area contributed by atoms with Gasteiger partial charge in [-0.25, -0.2) is 9.07 Å². The van der Waals surface area contributed by atoms with Gasteiger partial charge in [0.25, 0.3) is 0 Å². The number of halogens is 2. The fourth-order valence-corrected chi connectivity index (χ4v) is 2.87. The molecule has 0 aliphatic rings. The topological polar surface area (TPSA) is 64.7 Å². The number of aromatic nitrogens is 4. The van der Waals surface area contributed by atoms with Crippen molar-refractivity contribution in [2.24, 2.45) is 7.05 Å². The Bertz CT molecular complexity index is 963. The van der Waals surface area contributed by atoms with E-state index >= 15 is 0 Å². The van der Waals surface area contributed by atoms with Crippen molar-refractivity contribution in [3.8, 4) is 5.69 Å². The molecule has 0 spiro atoms. The Labute approximate surface area is 164 Å². The monoisotopic (exact) mass is 431 g/mol. The first-order valence-corrected chi connectivity index (χ1v) is 9.24. The highest BCUT2D eigenvalue weighted by atomic mass is 79.9. The van der Waals surface area contributed by atoms with Gasteiger partial charge >= 0.3 is 0 Å². The predicted octanol–water partition coefficient (Wildman–Crippen LogP) is 3.27. The van der Waals surface area contributed by atoms with Crippen LogP contribution in [0.3, 0.4) is 0 Å². The van der Waals surface area contributed by atoms with Gasteiger partial charge in [0, 0.05) is 32.1 Å². The van der Waals surface area contributed by atoms with Gasteiger partial charge in [-0.15, -0.1) is 0 Å². The van der Waals surface area contributed by atoms with Crippen LogP contribution in [0.25, 0.3) is 11.8 Å². The lowest BCUT2D eigenvalue weighted by Gasteiger charge is -2.04. The van der Waals surface area contributed by atoms with Crippen molar-refractivity contribution in [2.75, 3.05) is 6.54 Å². The molecule has 1 N–H and O–H groups in total. The van der Waals surface area contributed by atoms with Gasteiger partial charge in [-0.05, 0) is 58.1 Å². The van der Waals surface area contributed by atoms with Crippen molar-refractivity contribution in [1.29, 1.82) is 0 Å². The van der Waals surface area contributed by atoms with Crippen LogP contribution in [0, 0.1) is 5.82 Å². The summed E-state index contributed by atoms with van der Waals surface area (Å²) in [5.41, 5.74) is 2.09. The molecule has 0 radical (unpaired) electrons. The van der Waals surface area contributed by atoms with Gasteiger partial charge in [0.2, 0.25) is 5.91 Å². The van der Waals surface area contributed by atoms with E-state index in [2.05, 4.69) is 31.4 Å². The highest BCUT2D eigenvalue weighted by Gasteiger charge is 2.06. The number of aryl methyl sites for hydroxylation is 2. The minimum absolute atomic E-state index is 0.207. The average Bonchev–Trinajstić information content (AvgIpc) is 3.25. The maximum Gasteiger partial charge on any atom is 0.243 e. The highest BCUT2D eigenvalue weighted by Crippen LogP contribution is 2.17. The van der Waals surface area contributed by atoms with E-state index in [1.807, 2.05) is 19.4 Å². The minimum Gasteiger partial charge on any atom is -0.353 e. The minimum atomic E-state index is -0.412. The van der Waals surface area contributed by atoms with Crippen LogP contribution in [0.2, 0.25) is 0 Å². The molecule has 6 nitrogen and oxygen atoms in total. The van der Waals surface area contributed by atoms with E-state index in [4.69, 9.17) is 0 Å². The van der Waals surface area contributed by atoms with E-state index in [-0.39, 0.29) is 5.91 Å². The Balaban J connectivity index is 1.49. The average molecular weight is 432 g/mol. The zero-order chi connectivity index (χ0) is 19.2. The van der Waals surface area contributed by atoms with Gasteiger partial charge in [0.15, 0.2) is 0 Å². The number of amides is 1. The third-order valence-corrected chi connectivity index (χ3v) is 4.31. The molecular formula is C19H19BrFN5O. The molecule has 140 valence electrons. The lowest BCUT2D eigenvalue weighted by atomic mass is 10.2. The second kappa shape index (κ2) is 8.77. The first kappa shape index (κ1) is 19.0. The van der Waals surface area contributed by atoms with Crippen LogP contribution in [-0.2, 0) is 18.3 Å². The fourth-order valence-electron chi connectivity index (χ4n) is 2.58. The third kappa shape index (κ3) is 5.37. The van der Waals surface area contributed by atoms with Crippen molar-refractivity contribution in [2.45, 2.75) is 12.8 Å². The molecule has 0 atom stereocenters. The van der Waals surface area contributed by atoms with Crippen molar-refractivity contribution in [3.63, 3.8) is 0 Å². The molecule has 0 unspecified atom stereocenters. The summed E-state index contributed by atoms with van der Waals surface area (Å²) in [7, 11) is 1.87. The fraction of sp³-hybridized carbons (Fsp3) is 0.211. The van der Waals surface area contributed by atoms with E-state index in [1.54, 1.807) is 35.3 Å². The Morgan fingerprint density at radius 2 is 2.15 bits per heavy atom. The van der Waals surface area contributed by atoms with Crippen LogP contribution in [0.5, 0.6) is 0 Å². The zero-order valence-electron chi connectivity index (χ0n) is 14.8. The van der Waals surface area contributed by atoms with Gasteiger partial charge in [0.1, 0.15) is 11.5 Å². The van der Waals surface area contributed by atoms with E-state index in [1.165, 1.54) is 16.8 Å². The maximum absolute atomic E-state index is 14.3. The molecule has 27 heavy (non-hydrogen) atoms. The number of hydrogen-bond donors (Lipinski definition) is 1. The van der Waals surface area contributed by atoms with E-state index in [9.17, 15) is 9.18 Å². The van der Waals surface area contributed by atoms with Crippen LogP contribution in [-0.4, -0.2) is 32.0 Å². The molecule has 2 aromatic heterocycles. The number of carbonyl (C=O) groups is 1. The second-order valence-corrected chi connectivity index (χ2v) is 6.98. The van der Waals surface area contributed by atoms with E-state index in [0.29, 0.717) is 17.8 Å². The Hall–Kier alpha value is -2.74. The highest BCUT2D eigenvalue weighted by molar-refractivity contribution is 9.10. The summed E-state index contributed by atoms with van der Waals surface area (Å²) >= 11 is 3.28. The zero-order valence-corrected chi connectivity index (χ0v) is 16.4. The molecule has 8 heteroatoms. The number of carbonyl (C=O) groups excluding carboxylic acids is 1. The molecule has 0 aliphatic heterocycles. The summed E-state index contributed by atoms with van der Waals surface area (Å²) in [6.45, 7) is 0.569. The molecule has 1 aromatic carbocycles. The standard InChI is InChI=1S/C19H19BrFN5O/c1-25-12-15(10-23-25)3-2-8-22-19(27)7-5-14-4-6-18(17(21)9-14)26-13-16(20)11-24-26/h4-7,9-13H,2-3,8H2,1H3,(H,22,27)/b7-5+. The number of nitrogens with zero attached hydrogens (tertiary/aromatic N) is 4. The lowest BCUT2D eigenvalue weighted by Crippen LogP contribution is -2.22. The van der Waals surface area contributed by atoms with Crippen molar-refractivity contribution < 1.29 is 9.18 Å². The SMILES string of the molecule is Cn1cc(CCCNC(=O)/C=C/c2ccc(-n3cc(Br)cn3)c(F)c2)cn1. The quantitative estimate of drug-likeness (QED) is 0.461. The van der Waals surface area contributed by atoms with Crippen LogP contribution in [0.15, 0.2) is 53.5 Å². The molecule has 2 heterocycles. The summed E-state index contributed by atoms with van der Waals surface area (Å²) in [4.78, 5) is 11.9. The Kier molecular flexibility index (Phi) is 6.18. The summed E-state index contributed by atoms with van der Waals surface area (Å²) in [6, 6.07) is 4.73. The molecule has 0 saturated carbocycles. The van der Waals surface area contributed by atoms with Crippen molar-refractivity contribution >= 4 is 27.9 Å². The Morgan fingerprint density at radius 1 is 1.30 bits per heavy atom. The van der Waals surface area contributed by atoms with E-state index < -0.39 is 5.82 Å². The number of rotatable bonds is 7. The smallest absolute Gasteiger partial charge is 0.243 e. The third-order valence-electron chi connectivity index (χ3n) is 3.90. The van der Waals surface area contributed by atoms with Gasteiger partial charge < -0.3 is 5.32 Å². The van der Waals surface area contributed by atoms with Crippen molar-refractivity contribution in [1.82, 2.24) is 24.9 Å². The maximum atomic E-state index is 14.3.